The van der Waals surface area contributed by atoms with Crippen LogP contribution in [0.2, 0.25) is 0 Å². The Morgan fingerprint density at radius 3 is 2.61 bits per heavy atom. The first-order chi connectivity index (χ1) is 11.2. The molecule has 1 heterocycles. The van der Waals surface area contributed by atoms with Gasteiger partial charge in [-0.3, -0.25) is 9.36 Å². The molecule has 0 spiro atoms. The highest BCUT2D eigenvalue weighted by Crippen LogP contribution is 2.29. The number of hydrogen-bond donors (Lipinski definition) is 1. The maximum Gasteiger partial charge on any atom is 0.313 e. The van der Waals surface area contributed by atoms with Crippen LogP contribution in [0.1, 0.15) is 37.9 Å². The largest absolute Gasteiger partial charge is 0.481 e. The van der Waals surface area contributed by atoms with E-state index < -0.39 is 5.97 Å². The minimum Gasteiger partial charge on any atom is -0.481 e. The number of thioether (sulfide) groups is 1. The molecule has 0 bridgehead atoms. The topological polar surface area (TPSA) is 68.0 Å². The number of benzene rings is 1. The molecule has 5 nitrogen and oxygen atoms in total. The molecule has 0 atom stereocenters. The van der Waals surface area contributed by atoms with Crippen molar-refractivity contribution in [1.29, 1.82) is 0 Å². The lowest BCUT2D eigenvalue weighted by Crippen LogP contribution is -2.13. The molecule has 1 saturated carbocycles. The quantitative estimate of drug-likeness (QED) is 0.820. The van der Waals surface area contributed by atoms with Crippen LogP contribution >= 0.6 is 11.8 Å². The second kappa shape index (κ2) is 7.64. The third-order valence-corrected chi connectivity index (χ3v) is 5.15. The minimum absolute atomic E-state index is 0.00556. The van der Waals surface area contributed by atoms with Crippen LogP contribution in [-0.4, -0.2) is 31.6 Å². The summed E-state index contributed by atoms with van der Waals surface area (Å²) in [6, 6.07) is 9.95. The molecule has 0 saturated heterocycles. The van der Waals surface area contributed by atoms with Crippen molar-refractivity contribution in [3.8, 4) is 5.69 Å². The van der Waals surface area contributed by atoms with Crippen molar-refractivity contribution in [2.45, 2.75) is 43.7 Å². The van der Waals surface area contributed by atoms with Gasteiger partial charge in [0.05, 0.1) is 5.75 Å². The highest BCUT2D eigenvalue weighted by Gasteiger charge is 2.20. The summed E-state index contributed by atoms with van der Waals surface area (Å²) in [4.78, 5) is 10.9. The molecule has 1 aliphatic rings. The number of aromatic nitrogens is 3. The van der Waals surface area contributed by atoms with Crippen LogP contribution in [0, 0.1) is 5.92 Å². The molecule has 122 valence electrons. The van der Waals surface area contributed by atoms with Gasteiger partial charge in [-0.2, -0.15) is 0 Å². The fourth-order valence-corrected chi connectivity index (χ4v) is 3.83. The Balaban J connectivity index is 1.87. The van der Waals surface area contributed by atoms with Crippen molar-refractivity contribution in [3.05, 3.63) is 36.2 Å². The van der Waals surface area contributed by atoms with Crippen LogP contribution in [0.4, 0.5) is 0 Å². The summed E-state index contributed by atoms with van der Waals surface area (Å²) in [5.41, 5.74) is 0.996. The predicted molar refractivity (Wildman–Crippen MR) is 90.0 cm³/mol. The number of rotatable bonds is 6. The van der Waals surface area contributed by atoms with Gasteiger partial charge in [0.2, 0.25) is 0 Å². The molecule has 1 fully saturated rings. The molecule has 3 rings (SSSR count). The van der Waals surface area contributed by atoms with Gasteiger partial charge in [0.1, 0.15) is 5.82 Å². The monoisotopic (exact) mass is 331 g/mol. The van der Waals surface area contributed by atoms with E-state index in [2.05, 4.69) is 10.2 Å². The van der Waals surface area contributed by atoms with Crippen LogP contribution < -0.4 is 0 Å². The zero-order valence-corrected chi connectivity index (χ0v) is 13.8. The summed E-state index contributed by atoms with van der Waals surface area (Å²) in [5, 5.41) is 18.2. The molecule has 1 aromatic carbocycles. The molecule has 0 unspecified atom stereocenters. The van der Waals surface area contributed by atoms with Crippen molar-refractivity contribution in [3.63, 3.8) is 0 Å². The Bertz CT molecular complexity index is 651. The number of aliphatic carboxylic acids is 1. The summed E-state index contributed by atoms with van der Waals surface area (Å²) in [6.07, 6.45) is 7.34. The van der Waals surface area contributed by atoms with E-state index in [0.29, 0.717) is 11.1 Å². The summed E-state index contributed by atoms with van der Waals surface area (Å²) >= 11 is 1.22. The van der Waals surface area contributed by atoms with Gasteiger partial charge in [0.15, 0.2) is 5.16 Å². The van der Waals surface area contributed by atoms with E-state index in [1.807, 2.05) is 34.9 Å². The number of carboxylic acid groups (broad SMARTS) is 1. The number of hydrogen-bond acceptors (Lipinski definition) is 4. The normalized spacial score (nSPS) is 15.7. The minimum atomic E-state index is -0.841. The number of para-hydroxylation sites is 1. The Kier molecular flexibility index (Phi) is 5.33. The third kappa shape index (κ3) is 4.13. The fourth-order valence-electron chi connectivity index (χ4n) is 3.14. The van der Waals surface area contributed by atoms with E-state index in [-0.39, 0.29) is 5.75 Å². The molecular formula is C17H21N3O2S. The van der Waals surface area contributed by atoms with E-state index >= 15 is 0 Å². The maximum atomic E-state index is 10.9. The van der Waals surface area contributed by atoms with Gasteiger partial charge in [0.25, 0.3) is 0 Å². The van der Waals surface area contributed by atoms with E-state index in [1.54, 1.807) is 0 Å². The standard InChI is InChI=1S/C17H21N3O2S/c21-16(22)12-23-17-19-18-15(11-13-7-3-1-4-8-13)20(17)14-9-5-2-6-10-14/h2,5-6,9-10,13H,1,3-4,7-8,11-12H2,(H,21,22). The second-order valence-corrected chi connectivity index (χ2v) is 6.90. The molecule has 1 aliphatic carbocycles. The van der Waals surface area contributed by atoms with E-state index in [9.17, 15) is 4.79 Å². The Morgan fingerprint density at radius 1 is 1.17 bits per heavy atom. The predicted octanol–water partition coefficient (Wildman–Crippen LogP) is 3.57. The SMILES string of the molecule is O=C(O)CSc1nnc(CC2CCCCC2)n1-c1ccccc1. The van der Waals surface area contributed by atoms with Gasteiger partial charge in [-0.25, -0.2) is 0 Å². The van der Waals surface area contributed by atoms with Crippen LogP contribution in [-0.2, 0) is 11.2 Å². The molecule has 1 aromatic heterocycles. The molecule has 1 N–H and O–H groups in total. The molecule has 2 aromatic rings. The Morgan fingerprint density at radius 2 is 1.91 bits per heavy atom. The molecule has 0 aliphatic heterocycles. The van der Waals surface area contributed by atoms with Crippen molar-refractivity contribution >= 4 is 17.7 Å². The zero-order valence-electron chi connectivity index (χ0n) is 13.0. The molecular weight excluding hydrogens is 310 g/mol. The van der Waals surface area contributed by atoms with Crippen LogP contribution in [0.15, 0.2) is 35.5 Å². The average molecular weight is 331 g/mol. The summed E-state index contributed by atoms with van der Waals surface area (Å²) in [5.74, 6) is 0.754. The lowest BCUT2D eigenvalue weighted by molar-refractivity contribution is -0.133. The Hall–Kier alpha value is -1.82. The van der Waals surface area contributed by atoms with E-state index in [4.69, 9.17) is 5.11 Å². The summed E-state index contributed by atoms with van der Waals surface area (Å²) in [7, 11) is 0. The summed E-state index contributed by atoms with van der Waals surface area (Å²) in [6.45, 7) is 0. The molecule has 0 radical (unpaired) electrons. The van der Waals surface area contributed by atoms with Gasteiger partial charge < -0.3 is 5.11 Å². The van der Waals surface area contributed by atoms with Crippen molar-refractivity contribution in [2.75, 3.05) is 5.75 Å². The van der Waals surface area contributed by atoms with Crippen LogP contribution in [0.25, 0.3) is 5.69 Å². The number of carbonyl (C=O) groups is 1. The second-order valence-electron chi connectivity index (χ2n) is 5.96. The first-order valence-corrected chi connectivity index (χ1v) is 9.07. The number of nitrogens with zero attached hydrogens (tertiary/aromatic N) is 3. The number of carboxylic acids is 1. The Labute approximate surface area is 140 Å². The maximum absolute atomic E-state index is 10.9. The van der Waals surface area contributed by atoms with Gasteiger partial charge in [-0.15, -0.1) is 10.2 Å². The fraction of sp³-hybridized carbons (Fsp3) is 0.471. The van der Waals surface area contributed by atoms with Crippen molar-refractivity contribution < 1.29 is 9.90 Å². The molecule has 0 amide bonds. The lowest BCUT2D eigenvalue weighted by atomic mass is 9.87. The van der Waals surface area contributed by atoms with Crippen molar-refractivity contribution in [2.24, 2.45) is 5.92 Å². The highest BCUT2D eigenvalue weighted by atomic mass is 32.2. The van der Waals surface area contributed by atoms with Crippen LogP contribution in [0.5, 0.6) is 0 Å². The third-order valence-electron chi connectivity index (χ3n) is 4.24. The first kappa shape index (κ1) is 16.1. The van der Waals surface area contributed by atoms with Gasteiger partial charge in [-0.05, 0) is 18.1 Å². The van der Waals surface area contributed by atoms with E-state index in [1.165, 1.54) is 43.9 Å². The zero-order chi connectivity index (χ0) is 16.1. The highest BCUT2D eigenvalue weighted by molar-refractivity contribution is 7.99. The average Bonchev–Trinajstić information content (AvgIpc) is 2.97. The summed E-state index contributed by atoms with van der Waals surface area (Å²) < 4.78 is 2.02. The van der Waals surface area contributed by atoms with E-state index in [0.717, 1.165) is 17.9 Å². The lowest BCUT2D eigenvalue weighted by Gasteiger charge is -2.21. The van der Waals surface area contributed by atoms with Crippen LogP contribution in [0.3, 0.4) is 0 Å². The van der Waals surface area contributed by atoms with Crippen molar-refractivity contribution in [1.82, 2.24) is 14.8 Å². The van der Waals surface area contributed by atoms with Gasteiger partial charge >= 0.3 is 5.97 Å². The smallest absolute Gasteiger partial charge is 0.313 e. The van der Waals surface area contributed by atoms with Gasteiger partial charge in [-0.1, -0.05) is 62.1 Å². The first-order valence-electron chi connectivity index (χ1n) is 8.08. The molecule has 23 heavy (non-hydrogen) atoms. The van der Waals surface area contributed by atoms with Gasteiger partial charge in [0, 0.05) is 12.1 Å². The molecule has 6 heteroatoms.